The quantitative estimate of drug-likeness (QED) is 0.665. The summed E-state index contributed by atoms with van der Waals surface area (Å²) < 4.78 is 0. The van der Waals surface area contributed by atoms with Crippen LogP contribution < -0.4 is 5.73 Å². The second kappa shape index (κ2) is 8.70. The first-order valence-corrected chi connectivity index (χ1v) is 9.72. The number of hydrogen-bond acceptors (Lipinski definition) is 3. The number of benzene rings is 2. The molecule has 1 aliphatic carbocycles. The molecular formula is C23H25Cl2N3O. The van der Waals surface area contributed by atoms with Crippen LogP contribution in [0.2, 0.25) is 0 Å². The average molecular weight is 430 g/mol. The molecule has 1 amide bonds. The molecule has 1 saturated heterocycles. The summed E-state index contributed by atoms with van der Waals surface area (Å²) in [6.07, 6.45) is 2.98. The van der Waals surface area contributed by atoms with E-state index in [4.69, 9.17) is 10.7 Å². The number of nitrogens with zero attached hydrogens (tertiary/aromatic N) is 2. The molecule has 1 aliphatic heterocycles. The molecule has 1 fully saturated rings. The normalized spacial score (nSPS) is 20.1. The fourth-order valence-corrected chi connectivity index (χ4v) is 4.66. The Morgan fingerprint density at radius 1 is 0.966 bits per heavy atom. The number of rotatable bonds is 2. The monoisotopic (exact) mass is 429 g/mol. The van der Waals surface area contributed by atoms with Crippen LogP contribution in [0.4, 0.5) is 0 Å². The number of hydrogen-bond donors (Lipinski definition) is 1. The fourth-order valence-electron chi connectivity index (χ4n) is 4.66. The van der Waals surface area contributed by atoms with Gasteiger partial charge < -0.3 is 10.6 Å². The molecule has 1 aromatic heterocycles. The largest absolute Gasteiger partial charge is 0.336 e. The van der Waals surface area contributed by atoms with Crippen molar-refractivity contribution < 1.29 is 4.79 Å². The Morgan fingerprint density at radius 3 is 2.48 bits per heavy atom. The molecule has 0 bridgehead atoms. The molecule has 2 aliphatic rings. The van der Waals surface area contributed by atoms with E-state index in [-0.39, 0.29) is 42.7 Å². The van der Waals surface area contributed by atoms with E-state index in [2.05, 4.69) is 12.1 Å². The standard InChI is InChI=1S/C23H23N3O.2ClH/c24-19-14-26(13-18(19)15-7-2-1-3-8-15)23(27)22-16-9-4-5-11-20(16)25-21-12-6-10-17(21)22;;/h1-5,7-9,11,18-19H,6,10,12-14,24H2;2*1H/t18-,19+;;/m0../s1. The van der Waals surface area contributed by atoms with Gasteiger partial charge in [-0.05, 0) is 36.5 Å². The van der Waals surface area contributed by atoms with Gasteiger partial charge in [0.1, 0.15) is 0 Å². The van der Waals surface area contributed by atoms with Crippen LogP contribution in [-0.4, -0.2) is 34.9 Å². The van der Waals surface area contributed by atoms with Crippen molar-refractivity contribution in [1.82, 2.24) is 9.88 Å². The number of likely N-dealkylation sites (tertiary alicyclic amines) is 1. The maximum atomic E-state index is 13.6. The first-order chi connectivity index (χ1) is 13.2. The van der Waals surface area contributed by atoms with E-state index >= 15 is 0 Å². The SMILES string of the molecule is Cl.Cl.N[C@@H]1CN(C(=O)c2c3c(nc4ccccc24)CCC3)C[C@H]1c1ccccc1. The molecule has 2 N–H and O–H groups in total. The Kier molecular flexibility index (Phi) is 6.47. The summed E-state index contributed by atoms with van der Waals surface area (Å²) in [5.74, 6) is 0.303. The number of para-hydroxylation sites is 1. The van der Waals surface area contributed by atoms with Gasteiger partial charge in [-0.1, -0.05) is 48.5 Å². The first kappa shape index (κ1) is 21.6. The second-order valence-electron chi connectivity index (χ2n) is 7.67. The van der Waals surface area contributed by atoms with Gasteiger partial charge in [-0.3, -0.25) is 9.78 Å². The van der Waals surface area contributed by atoms with E-state index in [1.54, 1.807) is 0 Å². The van der Waals surface area contributed by atoms with Crippen molar-refractivity contribution in [3.8, 4) is 0 Å². The molecule has 2 atom stereocenters. The Bertz CT molecular complexity index is 1030. The predicted molar refractivity (Wildman–Crippen MR) is 121 cm³/mol. The van der Waals surface area contributed by atoms with Crippen LogP contribution in [0, 0.1) is 0 Å². The van der Waals surface area contributed by atoms with E-state index in [0.29, 0.717) is 13.1 Å². The Balaban J connectivity index is 0.00000120. The third kappa shape index (κ3) is 3.73. The van der Waals surface area contributed by atoms with Crippen LogP contribution in [0.15, 0.2) is 54.6 Å². The predicted octanol–water partition coefficient (Wildman–Crippen LogP) is 4.13. The van der Waals surface area contributed by atoms with Crippen LogP contribution in [0.5, 0.6) is 0 Å². The highest BCUT2D eigenvalue weighted by molar-refractivity contribution is 6.08. The number of pyridine rings is 1. The summed E-state index contributed by atoms with van der Waals surface area (Å²) in [6.45, 7) is 1.28. The fraction of sp³-hybridized carbons (Fsp3) is 0.304. The second-order valence-corrected chi connectivity index (χ2v) is 7.67. The van der Waals surface area contributed by atoms with Gasteiger partial charge in [0.15, 0.2) is 0 Å². The van der Waals surface area contributed by atoms with Gasteiger partial charge >= 0.3 is 0 Å². The number of aryl methyl sites for hydroxylation is 1. The Hall–Kier alpha value is -2.14. The summed E-state index contributed by atoms with van der Waals surface area (Å²) in [6, 6.07) is 18.3. The zero-order valence-electron chi connectivity index (χ0n) is 16.1. The molecule has 152 valence electrons. The molecule has 4 nitrogen and oxygen atoms in total. The highest BCUT2D eigenvalue weighted by Crippen LogP contribution is 2.33. The lowest BCUT2D eigenvalue weighted by Crippen LogP contribution is -2.33. The third-order valence-electron chi connectivity index (χ3n) is 6.01. The van der Waals surface area contributed by atoms with Gasteiger partial charge in [0.25, 0.3) is 5.91 Å². The third-order valence-corrected chi connectivity index (χ3v) is 6.01. The number of carbonyl (C=O) groups is 1. The minimum atomic E-state index is -0.0301. The van der Waals surface area contributed by atoms with Crippen molar-refractivity contribution in [2.24, 2.45) is 5.73 Å². The van der Waals surface area contributed by atoms with Crippen LogP contribution in [0.1, 0.15) is 39.5 Å². The molecule has 29 heavy (non-hydrogen) atoms. The zero-order chi connectivity index (χ0) is 18.4. The molecule has 5 rings (SSSR count). The first-order valence-electron chi connectivity index (χ1n) is 9.72. The molecule has 2 heterocycles. The molecule has 0 saturated carbocycles. The molecule has 6 heteroatoms. The van der Waals surface area contributed by atoms with Crippen molar-refractivity contribution in [3.05, 3.63) is 77.0 Å². The van der Waals surface area contributed by atoms with Crippen molar-refractivity contribution in [1.29, 1.82) is 0 Å². The maximum absolute atomic E-state index is 13.6. The van der Waals surface area contributed by atoms with Crippen molar-refractivity contribution in [2.45, 2.75) is 31.2 Å². The van der Waals surface area contributed by atoms with E-state index in [1.165, 1.54) is 5.56 Å². The smallest absolute Gasteiger partial charge is 0.254 e. The zero-order valence-corrected chi connectivity index (χ0v) is 17.7. The summed E-state index contributed by atoms with van der Waals surface area (Å²) in [7, 11) is 0. The van der Waals surface area contributed by atoms with Crippen molar-refractivity contribution in [2.75, 3.05) is 13.1 Å². The summed E-state index contributed by atoms with van der Waals surface area (Å²) in [4.78, 5) is 20.3. The molecule has 3 aromatic rings. The number of amides is 1. The summed E-state index contributed by atoms with van der Waals surface area (Å²) in [5.41, 5.74) is 11.7. The van der Waals surface area contributed by atoms with Crippen LogP contribution >= 0.6 is 24.8 Å². The minimum absolute atomic E-state index is 0. The topological polar surface area (TPSA) is 59.2 Å². The van der Waals surface area contributed by atoms with Gasteiger partial charge in [-0.2, -0.15) is 0 Å². The van der Waals surface area contributed by atoms with E-state index in [0.717, 1.165) is 47.0 Å². The minimum Gasteiger partial charge on any atom is -0.336 e. The van der Waals surface area contributed by atoms with Gasteiger partial charge in [0.05, 0.1) is 11.1 Å². The van der Waals surface area contributed by atoms with Crippen LogP contribution in [0.3, 0.4) is 0 Å². The number of fused-ring (bicyclic) bond motifs is 2. The number of halogens is 2. The Labute approximate surface area is 183 Å². The van der Waals surface area contributed by atoms with E-state index in [1.807, 2.05) is 47.4 Å². The average Bonchev–Trinajstić information content (AvgIpc) is 3.32. The molecule has 0 unspecified atom stereocenters. The van der Waals surface area contributed by atoms with Crippen molar-refractivity contribution in [3.63, 3.8) is 0 Å². The van der Waals surface area contributed by atoms with Gasteiger partial charge in [0.2, 0.25) is 0 Å². The molecule has 2 aromatic carbocycles. The highest BCUT2D eigenvalue weighted by atomic mass is 35.5. The lowest BCUT2D eigenvalue weighted by atomic mass is 9.95. The number of aromatic nitrogens is 1. The maximum Gasteiger partial charge on any atom is 0.254 e. The lowest BCUT2D eigenvalue weighted by molar-refractivity contribution is 0.0790. The van der Waals surface area contributed by atoms with Crippen LogP contribution in [-0.2, 0) is 12.8 Å². The Morgan fingerprint density at radius 2 is 1.69 bits per heavy atom. The molecular weight excluding hydrogens is 405 g/mol. The van der Waals surface area contributed by atoms with Gasteiger partial charge in [0, 0.05) is 36.1 Å². The highest BCUT2D eigenvalue weighted by Gasteiger charge is 2.36. The van der Waals surface area contributed by atoms with Crippen LogP contribution in [0.25, 0.3) is 10.9 Å². The number of carbonyl (C=O) groups excluding carboxylic acids is 1. The van der Waals surface area contributed by atoms with Crippen molar-refractivity contribution >= 4 is 41.6 Å². The number of nitrogens with two attached hydrogens (primary N) is 1. The summed E-state index contributed by atoms with van der Waals surface area (Å²) >= 11 is 0. The molecule has 0 radical (unpaired) electrons. The summed E-state index contributed by atoms with van der Waals surface area (Å²) in [5, 5.41) is 0.972. The van der Waals surface area contributed by atoms with E-state index < -0.39 is 0 Å². The molecule has 0 spiro atoms. The van der Waals surface area contributed by atoms with Gasteiger partial charge in [-0.25, -0.2) is 0 Å². The lowest BCUT2D eigenvalue weighted by Gasteiger charge is -2.20. The van der Waals surface area contributed by atoms with E-state index in [9.17, 15) is 4.79 Å². The van der Waals surface area contributed by atoms with Gasteiger partial charge in [-0.15, -0.1) is 24.8 Å².